The summed E-state index contributed by atoms with van der Waals surface area (Å²) in [5, 5.41) is 15.0. The van der Waals surface area contributed by atoms with Crippen molar-refractivity contribution in [2.75, 3.05) is 25.1 Å². The van der Waals surface area contributed by atoms with Gasteiger partial charge < -0.3 is 29.4 Å². The van der Waals surface area contributed by atoms with Crippen LogP contribution < -0.4 is 49.6 Å². The number of carboxylic acids is 1. The second-order valence-corrected chi connectivity index (χ2v) is 7.63. The number of benzene rings is 1. The minimum absolute atomic E-state index is 0. The zero-order valence-corrected chi connectivity index (χ0v) is 20.8. The number of aromatic nitrogens is 3. The fourth-order valence-electron chi connectivity index (χ4n) is 3.91. The number of pyridine rings is 1. The van der Waals surface area contributed by atoms with E-state index >= 15 is 0 Å². The Bertz CT molecular complexity index is 1040. The smallest absolute Gasteiger partial charge is 0.543 e. The summed E-state index contributed by atoms with van der Waals surface area (Å²) in [7, 11) is 3.32. The van der Waals surface area contributed by atoms with Gasteiger partial charge in [0.15, 0.2) is 0 Å². The number of hydrogen-bond donors (Lipinski definition) is 1. The van der Waals surface area contributed by atoms with Gasteiger partial charge in [0.2, 0.25) is 0 Å². The molecule has 0 spiro atoms. The first-order valence-electron chi connectivity index (χ1n) is 10.4. The predicted molar refractivity (Wildman–Crippen MR) is 116 cm³/mol. The first-order chi connectivity index (χ1) is 15.1. The van der Waals surface area contributed by atoms with Crippen LogP contribution in [0.2, 0.25) is 0 Å². The summed E-state index contributed by atoms with van der Waals surface area (Å²) in [4.78, 5) is 23.2. The maximum Gasteiger partial charge on any atom is 1.00 e. The van der Waals surface area contributed by atoms with Crippen molar-refractivity contribution in [3.63, 3.8) is 0 Å². The van der Waals surface area contributed by atoms with E-state index in [2.05, 4.69) is 20.2 Å². The molecule has 1 saturated heterocycles. The maximum atomic E-state index is 11.8. The Hall–Kier alpha value is -2.39. The maximum absolute atomic E-state index is 11.8. The van der Waals surface area contributed by atoms with Crippen molar-refractivity contribution < 1.29 is 44.2 Å². The quantitative estimate of drug-likeness (QED) is 0.435. The van der Waals surface area contributed by atoms with Gasteiger partial charge in [-0.15, -0.1) is 0 Å². The topological polar surface area (TPSA) is 95.3 Å². The van der Waals surface area contributed by atoms with Crippen molar-refractivity contribution in [2.24, 2.45) is 7.05 Å². The average Bonchev–Trinajstić information content (AvgIpc) is 3.43. The van der Waals surface area contributed by atoms with Gasteiger partial charge in [0, 0.05) is 45.0 Å². The third kappa shape index (κ3) is 5.32. The standard InChI is InChI=1S/C23H27N5O3.Na/c1-27-21(23(29)30)19(15-24-13-16-5-8-18(31-2)9-6-16)26-22(27)17-7-10-20(25-14-17)28-11-3-4-12-28;/h5-10,14,24H,3-4,11-13,15H2,1-2H3,(H,29,30);/q;+1/p-1. The van der Waals surface area contributed by atoms with Crippen LogP contribution in [-0.2, 0) is 20.1 Å². The number of nitrogens with zero attached hydrogens (tertiary/aromatic N) is 4. The Balaban J connectivity index is 0.00000289. The monoisotopic (exact) mass is 443 g/mol. The zero-order valence-electron chi connectivity index (χ0n) is 18.8. The molecule has 0 saturated carbocycles. The summed E-state index contributed by atoms with van der Waals surface area (Å²) in [6, 6.07) is 11.6. The number of nitrogens with one attached hydrogen (secondary N) is 1. The van der Waals surface area contributed by atoms with Crippen LogP contribution in [0.5, 0.6) is 5.75 Å². The minimum atomic E-state index is -1.25. The largest absolute Gasteiger partial charge is 1.00 e. The number of ether oxygens (including phenoxy) is 1. The number of hydrogen-bond acceptors (Lipinski definition) is 7. The van der Waals surface area contributed by atoms with Crippen LogP contribution in [0.4, 0.5) is 5.82 Å². The molecule has 1 fully saturated rings. The van der Waals surface area contributed by atoms with Gasteiger partial charge in [-0.2, -0.15) is 0 Å². The van der Waals surface area contributed by atoms with E-state index < -0.39 is 5.97 Å². The predicted octanol–water partition coefficient (Wildman–Crippen LogP) is -1.25. The Morgan fingerprint density at radius 1 is 1.12 bits per heavy atom. The number of methoxy groups -OCH3 is 1. The number of aromatic carboxylic acids is 1. The van der Waals surface area contributed by atoms with E-state index in [1.807, 2.05) is 36.4 Å². The van der Waals surface area contributed by atoms with Crippen molar-refractivity contribution in [1.29, 1.82) is 0 Å². The Kier molecular flexibility index (Phi) is 8.31. The van der Waals surface area contributed by atoms with E-state index in [1.54, 1.807) is 24.9 Å². The summed E-state index contributed by atoms with van der Waals surface area (Å²) < 4.78 is 6.73. The number of imidazole rings is 1. The summed E-state index contributed by atoms with van der Waals surface area (Å²) >= 11 is 0. The van der Waals surface area contributed by atoms with Crippen molar-refractivity contribution in [3.05, 3.63) is 59.5 Å². The molecule has 0 radical (unpaired) electrons. The van der Waals surface area contributed by atoms with Gasteiger partial charge in [-0.1, -0.05) is 12.1 Å². The van der Waals surface area contributed by atoms with E-state index in [0.29, 0.717) is 24.6 Å². The number of anilines is 1. The molecule has 0 bridgehead atoms. The van der Waals surface area contributed by atoms with Crippen LogP contribution >= 0.6 is 0 Å². The fourth-order valence-corrected chi connectivity index (χ4v) is 3.91. The molecule has 1 aliphatic rings. The van der Waals surface area contributed by atoms with E-state index in [0.717, 1.165) is 35.8 Å². The zero-order chi connectivity index (χ0) is 21.8. The van der Waals surface area contributed by atoms with Gasteiger partial charge >= 0.3 is 29.6 Å². The molecule has 32 heavy (non-hydrogen) atoms. The van der Waals surface area contributed by atoms with Crippen molar-refractivity contribution >= 4 is 11.8 Å². The van der Waals surface area contributed by atoms with Gasteiger partial charge in [0.1, 0.15) is 17.4 Å². The van der Waals surface area contributed by atoms with E-state index in [1.165, 1.54) is 12.8 Å². The molecule has 0 atom stereocenters. The van der Waals surface area contributed by atoms with Crippen LogP contribution in [-0.4, -0.2) is 40.7 Å². The molecule has 1 aromatic carbocycles. The number of carboxylic acid groups (broad SMARTS) is 1. The van der Waals surface area contributed by atoms with E-state index in [9.17, 15) is 9.90 Å². The normalized spacial score (nSPS) is 13.1. The molecule has 9 heteroatoms. The van der Waals surface area contributed by atoms with Crippen molar-refractivity contribution in [3.8, 4) is 17.1 Å². The SMILES string of the molecule is COc1ccc(CNCc2nc(-c3ccc(N4CCCC4)nc3)n(C)c2C(=O)[O-])cc1.[Na+]. The van der Waals surface area contributed by atoms with Gasteiger partial charge in [-0.05, 0) is 42.7 Å². The molecule has 8 nitrogen and oxygen atoms in total. The van der Waals surface area contributed by atoms with E-state index in [4.69, 9.17) is 4.74 Å². The molecule has 3 heterocycles. The molecule has 0 aliphatic carbocycles. The molecular formula is C23H26N5NaO3. The molecule has 3 aromatic rings. The summed E-state index contributed by atoms with van der Waals surface area (Å²) in [5.41, 5.74) is 2.35. The minimum Gasteiger partial charge on any atom is -0.543 e. The number of carbonyl (C=O) groups excluding carboxylic acids is 1. The van der Waals surface area contributed by atoms with Gasteiger partial charge in [-0.25, -0.2) is 9.97 Å². The van der Waals surface area contributed by atoms with Crippen molar-refractivity contribution in [2.45, 2.75) is 25.9 Å². The van der Waals surface area contributed by atoms with Crippen LogP contribution in [0.25, 0.3) is 11.4 Å². The van der Waals surface area contributed by atoms with Crippen LogP contribution in [0.1, 0.15) is 34.6 Å². The van der Waals surface area contributed by atoms with Gasteiger partial charge in [0.05, 0.1) is 24.5 Å². The second-order valence-electron chi connectivity index (χ2n) is 7.63. The van der Waals surface area contributed by atoms with Crippen LogP contribution in [0, 0.1) is 0 Å². The average molecular weight is 443 g/mol. The first kappa shape index (κ1) is 24.3. The summed E-state index contributed by atoms with van der Waals surface area (Å²) in [6.45, 7) is 2.93. The van der Waals surface area contributed by atoms with Crippen LogP contribution in [0.15, 0.2) is 42.6 Å². The molecule has 4 rings (SSSR count). The Morgan fingerprint density at radius 2 is 1.84 bits per heavy atom. The molecular weight excluding hydrogens is 417 g/mol. The number of rotatable bonds is 8. The summed E-state index contributed by atoms with van der Waals surface area (Å²) in [5.74, 6) is 1.05. The molecule has 2 aromatic heterocycles. The van der Waals surface area contributed by atoms with Gasteiger partial charge in [0.25, 0.3) is 0 Å². The fraction of sp³-hybridized carbons (Fsp3) is 0.348. The first-order valence-corrected chi connectivity index (χ1v) is 10.4. The second kappa shape index (κ2) is 11.0. The van der Waals surface area contributed by atoms with Crippen LogP contribution in [0.3, 0.4) is 0 Å². The number of carbonyl (C=O) groups is 1. The molecule has 1 N–H and O–H groups in total. The molecule has 1 aliphatic heterocycles. The van der Waals surface area contributed by atoms with Crippen molar-refractivity contribution in [1.82, 2.24) is 19.9 Å². The Labute approximate surface area is 209 Å². The van der Waals surface area contributed by atoms with E-state index in [-0.39, 0.29) is 35.3 Å². The van der Waals surface area contributed by atoms with Gasteiger partial charge in [-0.3, -0.25) is 0 Å². The molecule has 0 unspecified atom stereocenters. The molecule has 0 amide bonds. The molecule has 162 valence electrons. The summed E-state index contributed by atoms with van der Waals surface area (Å²) in [6.07, 6.45) is 4.12. The Morgan fingerprint density at radius 3 is 2.44 bits per heavy atom. The third-order valence-electron chi connectivity index (χ3n) is 5.58. The third-order valence-corrected chi connectivity index (χ3v) is 5.58.